The van der Waals surface area contributed by atoms with E-state index in [4.69, 9.17) is 4.52 Å². The van der Waals surface area contributed by atoms with Crippen molar-refractivity contribution in [2.45, 2.75) is 32.2 Å². The van der Waals surface area contributed by atoms with Gasteiger partial charge in [0, 0.05) is 17.7 Å². The number of hydrogen-bond donors (Lipinski definition) is 2. The molecule has 5 rings (SSSR count). The number of aromatic nitrogens is 1. The average Bonchev–Trinajstić information content (AvgIpc) is 3.63. The Morgan fingerprint density at radius 2 is 1.61 bits per heavy atom. The van der Waals surface area contributed by atoms with E-state index in [9.17, 15) is 9.18 Å². The molecule has 2 N–H and O–H groups in total. The summed E-state index contributed by atoms with van der Waals surface area (Å²) in [6, 6.07) is 22.6. The van der Waals surface area contributed by atoms with Crippen molar-refractivity contribution >= 4 is 11.7 Å². The summed E-state index contributed by atoms with van der Waals surface area (Å²) in [5.41, 5.74) is 5.94. The van der Waals surface area contributed by atoms with Crippen molar-refractivity contribution in [2.75, 3.05) is 5.32 Å². The first kappa shape index (κ1) is 20.9. The van der Waals surface area contributed by atoms with Crippen LogP contribution in [0, 0.1) is 12.7 Å². The van der Waals surface area contributed by atoms with Crippen LogP contribution in [0.3, 0.4) is 0 Å². The van der Waals surface area contributed by atoms with Crippen LogP contribution in [0.15, 0.2) is 77.3 Å². The highest BCUT2D eigenvalue weighted by atomic mass is 19.1. The lowest BCUT2D eigenvalue weighted by molar-refractivity contribution is 0.251. The average molecular weight is 442 g/mol. The second kappa shape index (κ2) is 8.90. The standard InChI is InChI=1S/C27H24FN3O2/c1-17-25(30-27(32)29-16-23-4-2-3-5-24(23)28)26(33-31-17)22-14-12-21(13-15-22)20-10-8-19(9-11-20)18-6-7-18/h2-5,8-15,18H,6-7,16H2,1H3,(H2,29,30,32). The highest BCUT2D eigenvalue weighted by Gasteiger charge is 2.23. The fourth-order valence-corrected chi connectivity index (χ4v) is 3.87. The van der Waals surface area contributed by atoms with E-state index in [1.807, 2.05) is 24.3 Å². The molecule has 2 amide bonds. The van der Waals surface area contributed by atoms with Crippen LogP contribution in [0.2, 0.25) is 0 Å². The molecule has 1 saturated carbocycles. The Kier molecular flexibility index (Phi) is 5.65. The Balaban J connectivity index is 1.29. The molecular formula is C27H24FN3O2. The molecule has 0 radical (unpaired) electrons. The minimum atomic E-state index is -0.460. The molecular weight excluding hydrogens is 417 g/mol. The highest BCUT2D eigenvalue weighted by molar-refractivity contribution is 5.94. The number of anilines is 1. The van der Waals surface area contributed by atoms with Gasteiger partial charge >= 0.3 is 6.03 Å². The van der Waals surface area contributed by atoms with Crippen molar-refractivity contribution in [2.24, 2.45) is 0 Å². The van der Waals surface area contributed by atoms with Gasteiger partial charge in [0.15, 0.2) is 5.76 Å². The van der Waals surface area contributed by atoms with E-state index in [1.54, 1.807) is 25.1 Å². The zero-order chi connectivity index (χ0) is 22.8. The van der Waals surface area contributed by atoms with E-state index in [-0.39, 0.29) is 12.4 Å². The number of nitrogens with one attached hydrogen (secondary N) is 2. The maximum absolute atomic E-state index is 13.8. The summed E-state index contributed by atoms with van der Waals surface area (Å²) in [5, 5.41) is 9.47. The van der Waals surface area contributed by atoms with E-state index in [2.05, 4.69) is 40.1 Å². The number of aryl methyl sites for hydroxylation is 1. The zero-order valence-electron chi connectivity index (χ0n) is 18.3. The molecule has 0 bridgehead atoms. The van der Waals surface area contributed by atoms with Crippen molar-refractivity contribution in [1.29, 1.82) is 0 Å². The molecule has 1 fully saturated rings. The Labute approximate surface area is 191 Å². The number of nitrogens with zero attached hydrogens (tertiary/aromatic N) is 1. The summed E-state index contributed by atoms with van der Waals surface area (Å²) in [4.78, 5) is 12.4. The Morgan fingerprint density at radius 1 is 0.970 bits per heavy atom. The fraction of sp³-hybridized carbons (Fsp3) is 0.185. The normalized spacial score (nSPS) is 13.0. The van der Waals surface area contributed by atoms with Gasteiger partial charge in [0.1, 0.15) is 17.2 Å². The molecule has 6 heteroatoms. The summed E-state index contributed by atoms with van der Waals surface area (Å²) in [7, 11) is 0. The molecule has 5 nitrogen and oxygen atoms in total. The summed E-state index contributed by atoms with van der Waals surface area (Å²) in [6.07, 6.45) is 2.59. The number of urea groups is 1. The van der Waals surface area contributed by atoms with Gasteiger partial charge in [-0.3, -0.25) is 0 Å². The molecule has 166 valence electrons. The van der Waals surface area contributed by atoms with Crippen molar-refractivity contribution in [3.8, 4) is 22.5 Å². The first-order valence-corrected chi connectivity index (χ1v) is 11.0. The molecule has 1 aromatic heterocycles. The van der Waals surface area contributed by atoms with Crippen LogP contribution in [0.1, 0.15) is 35.6 Å². The largest absolute Gasteiger partial charge is 0.354 e. The molecule has 1 heterocycles. The van der Waals surface area contributed by atoms with Gasteiger partial charge in [-0.05, 0) is 48.4 Å². The molecule has 0 unspecified atom stereocenters. The summed E-state index contributed by atoms with van der Waals surface area (Å²) < 4.78 is 19.3. The first-order valence-electron chi connectivity index (χ1n) is 11.0. The Morgan fingerprint density at radius 3 is 2.27 bits per heavy atom. The van der Waals surface area contributed by atoms with Gasteiger partial charge in [0.05, 0.1) is 0 Å². The fourth-order valence-electron chi connectivity index (χ4n) is 3.87. The Bertz CT molecular complexity index is 1280. The van der Waals surface area contributed by atoms with Gasteiger partial charge in [-0.2, -0.15) is 0 Å². The van der Waals surface area contributed by atoms with Crippen LogP contribution in [-0.2, 0) is 6.54 Å². The van der Waals surface area contributed by atoms with Gasteiger partial charge in [-0.15, -0.1) is 0 Å². The van der Waals surface area contributed by atoms with Crippen molar-refractivity contribution in [3.63, 3.8) is 0 Å². The monoisotopic (exact) mass is 441 g/mol. The van der Waals surface area contributed by atoms with Crippen molar-refractivity contribution in [1.82, 2.24) is 10.5 Å². The van der Waals surface area contributed by atoms with Gasteiger partial charge in [-0.25, -0.2) is 9.18 Å². The number of rotatable bonds is 6. The van der Waals surface area contributed by atoms with E-state index < -0.39 is 6.03 Å². The first-order chi connectivity index (χ1) is 16.1. The van der Waals surface area contributed by atoms with E-state index >= 15 is 0 Å². The third kappa shape index (κ3) is 4.65. The third-order valence-corrected chi connectivity index (χ3v) is 5.94. The Hall–Kier alpha value is -3.93. The quantitative estimate of drug-likeness (QED) is 0.352. The van der Waals surface area contributed by atoms with Crippen LogP contribution in [-0.4, -0.2) is 11.2 Å². The van der Waals surface area contributed by atoms with Gasteiger partial charge in [-0.1, -0.05) is 71.9 Å². The van der Waals surface area contributed by atoms with Crippen molar-refractivity contribution in [3.05, 3.63) is 95.4 Å². The lowest BCUT2D eigenvalue weighted by Gasteiger charge is -2.09. The van der Waals surface area contributed by atoms with Crippen LogP contribution >= 0.6 is 0 Å². The molecule has 0 atom stereocenters. The molecule has 1 aliphatic rings. The minimum Gasteiger partial charge on any atom is -0.354 e. The topological polar surface area (TPSA) is 67.2 Å². The maximum Gasteiger partial charge on any atom is 0.319 e. The number of hydrogen-bond acceptors (Lipinski definition) is 3. The van der Waals surface area contributed by atoms with Crippen molar-refractivity contribution < 1.29 is 13.7 Å². The lowest BCUT2D eigenvalue weighted by atomic mass is 10.0. The van der Waals surface area contributed by atoms with E-state index in [0.717, 1.165) is 22.6 Å². The number of amides is 2. The molecule has 4 aromatic rings. The number of benzene rings is 3. The van der Waals surface area contributed by atoms with Crippen LogP contribution in [0.25, 0.3) is 22.5 Å². The molecule has 0 spiro atoms. The molecule has 0 saturated heterocycles. The second-order valence-electron chi connectivity index (χ2n) is 8.34. The van der Waals surface area contributed by atoms with E-state index in [1.165, 1.54) is 24.5 Å². The lowest BCUT2D eigenvalue weighted by Crippen LogP contribution is -2.28. The summed E-state index contributed by atoms with van der Waals surface area (Å²) in [5.74, 6) is 0.858. The maximum atomic E-state index is 13.8. The molecule has 1 aliphatic carbocycles. The van der Waals surface area contributed by atoms with Crippen LogP contribution < -0.4 is 10.6 Å². The van der Waals surface area contributed by atoms with Gasteiger partial charge < -0.3 is 15.2 Å². The van der Waals surface area contributed by atoms with Crippen LogP contribution in [0.4, 0.5) is 14.9 Å². The minimum absolute atomic E-state index is 0.0758. The SMILES string of the molecule is Cc1noc(-c2ccc(-c3ccc(C4CC4)cc3)cc2)c1NC(=O)NCc1ccccc1F. The van der Waals surface area contributed by atoms with Crippen LogP contribution in [0.5, 0.6) is 0 Å². The third-order valence-electron chi connectivity index (χ3n) is 5.94. The van der Waals surface area contributed by atoms with Gasteiger partial charge in [0.2, 0.25) is 0 Å². The zero-order valence-corrected chi connectivity index (χ0v) is 18.3. The number of halogens is 1. The summed E-state index contributed by atoms with van der Waals surface area (Å²) in [6.45, 7) is 1.83. The molecule has 33 heavy (non-hydrogen) atoms. The number of carbonyl (C=O) groups is 1. The van der Waals surface area contributed by atoms with Gasteiger partial charge in [0.25, 0.3) is 0 Å². The second-order valence-corrected chi connectivity index (χ2v) is 8.34. The molecule has 3 aromatic carbocycles. The smallest absolute Gasteiger partial charge is 0.319 e. The highest BCUT2D eigenvalue weighted by Crippen LogP contribution is 2.40. The summed E-state index contributed by atoms with van der Waals surface area (Å²) >= 11 is 0. The van der Waals surface area contributed by atoms with E-state index in [0.29, 0.717) is 22.7 Å². The predicted octanol–water partition coefficient (Wildman–Crippen LogP) is 6.66. The molecule has 0 aliphatic heterocycles. The predicted molar refractivity (Wildman–Crippen MR) is 126 cm³/mol. The number of carbonyl (C=O) groups excluding carboxylic acids is 1.